The van der Waals surface area contributed by atoms with Crippen molar-refractivity contribution in [1.82, 2.24) is 9.03 Å². The molecule has 0 radical (unpaired) electrons. The first-order valence-corrected chi connectivity index (χ1v) is 9.10. The number of rotatable bonds is 7. The maximum Gasteiger partial charge on any atom is 0.307 e. The molecule has 1 aliphatic rings. The Labute approximate surface area is 119 Å². The Balaban J connectivity index is 2.50. The first-order chi connectivity index (χ1) is 8.86. The fourth-order valence-corrected chi connectivity index (χ4v) is 3.62. The van der Waals surface area contributed by atoms with Gasteiger partial charge in [0.05, 0.1) is 5.92 Å². The van der Waals surface area contributed by atoms with Crippen LogP contribution in [0.2, 0.25) is 0 Å². The van der Waals surface area contributed by atoms with Crippen molar-refractivity contribution < 1.29 is 18.3 Å². The predicted octanol–water partition coefficient (Wildman–Crippen LogP) is 0.759. The summed E-state index contributed by atoms with van der Waals surface area (Å²) in [7, 11) is -3.54. The van der Waals surface area contributed by atoms with Crippen LogP contribution in [0.4, 0.5) is 0 Å². The van der Waals surface area contributed by atoms with Gasteiger partial charge in [-0.3, -0.25) is 4.79 Å². The van der Waals surface area contributed by atoms with E-state index in [2.05, 4.69) is 4.72 Å². The Morgan fingerprint density at radius 3 is 2.84 bits per heavy atom. The molecule has 1 fully saturated rings. The number of hydrogen-bond acceptors (Lipinski definition) is 4. The third kappa shape index (κ3) is 5.29. The largest absolute Gasteiger partial charge is 0.481 e. The van der Waals surface area contributed by atoms with Crippen LogP contribution in [0.5, 0.6) is 0 Å². The summed E-state index contributed by atoms with van der Waals surface area (Å²) < 4.78 is 27.9. The third-order valence-electron chi connectivity index (χ3n) is 3.31. The maximum absolute atomic E-state index is 12.0. The molecule has 0 aromatic carbocycles. The average Bonchev–Trinajstić information content (AvgIpc) is 2.38. The van der Waals surface area contributed by atoms with Crippen molar-refractivity contribution in [2.24, 2.45) is 5.92 Å². The minimum Gasteiger partial charge on any atom is -0.481 e. The minimum atomic E-state index is -3.54. The van der Waals surface area contributed by atoms with Crippen molar-refractivity contribution in [3.05, 3.63) is 0 Å². The standard InChI is InChI=1S/C11H22N2O4S2/c1-9(18-2)5-6-12-19(16,17)13-7-3-4-10(8-13)11(14)15/h9-10,12H,3-8H2,1-2H3,(H,14,15). The van der Waals surface area contributed by atoms with E-state index in [1.807, 2.05) is 13.2 Å². The summed E-state index contributed by atoms with van der Waals surface area (Å²) in [5.41, 5.74) is 0. The highest BCUT2D eigenvalue weighted by atomic mass is 32.2. The van der Waals surface area contributed by atoms with E-state index in [4.69, 9.17) is 5.11 Å². The summed E-state index contributed by atoms with van der Waals surface area (Å²) in [6, 6.07) is 0. The smallest absolute Gasteiger partial charge is 0.307 e. The van der Waals surface area contributed by atoms with E-state index in [-0.39, 0.29) is 6.54 Å². The van der Waals surface area contributed by atoms with Crippen LogP contribution < -0.4 is 4.72 Å². The normalized spacial score (nSPS) is 23.2. The zero-order valence-corrected chi connectivity index (χ0v) is 13.0. The van der Waals surface area contributed by atoms with Crippen molar-refractivity contribution in [3.8, 4) is 0 Å². The van der Waals surface area contributed by atoms with Crippen LogP contribution >= 0.6 is 11.8 Å². The molecule has 0 bridgehead atoms. The second-order valence-electron chi connectivity index (χ2n) is 4.77. The van der Waals surface area contributed by atoms with E-state index >= 15 is 0 Å². The van der Waals surface area contributed by atoms with Crippen LogP contribution in [0, 0.1) is 5.92 Å². The van der Waals surface area contributed by atoms with Crippen molar-refractivity contribution >= 4 is 27.9 Å². The molecule has 1 saturated heterocycles. The Morgan fingerprint density at radius 1 is 1.58 bits per heavy atom. The lowest BCUT2D eigenvalue weighted by Crippen LogP contribution is -2.47. The van der Waals surface area contributed by atoms with Gasteiger partial charge in [0, 0.05) is 24.9 Å². The first kappa shape index (κ1) is 16.7. The SMILES string of the molecule is CSC(C)CCNS(=O)(=O)N1CCCC(C(=O)O)C1. The molecule has 0 aromatic heterocycles. The van der Waals surface area contributed by atoms with Crippen LogP contribution in [0.15, 0.2) is 0 Å². The van der Waals surface area contributed by atoms with Crippen LogP contribution in [-0.4, -0.2) is 54.9 Å². The van der Waals surface area contributed by atoms with Crippen LogP contribution in [0.3, 0.4) is 0 Å². The molecule has 1 heterocycles. The molecule has 6 nitrogen and oxygen atoms in total. The topological polar surface area (TPSA) is 86.7 Å². The summed E-state index contributed by atoms with van der Waals surface area (Å²) >= 11 is 1.69. The molecule has 2 N–H and O–H groups in total. The van der Waals surface area contributed by atoms with Gasteiger partial charge < -0.3 is 5.11 Å². The lowest BCUT2D eigenvalue weighted by atomic mass is 10.0. The molecule has 1 rings (SSSR count). The number of nitrogens with zero attached hydrogens (tertiary/aromatic N) is 1. The second-order valence-corrected chi connectivity index (χ2v) is 7.80. The van der Waals surface area contributed by atoms with Gasteiger partial charge in [0.1, 0.15) is 0 Å². The highest BCUT2D eigenvalue weighted by Gasteiger charge is 2.31. The highest BCUT2D eigenvalue weighted by Crippen LogP contribution is 2.18. The number of hydrogen-bond donors (Lipinski definition) is 2. The number of carbonyl (C=O) groups is 1. The van der Waals surface area contributed by atoms with Gasteiger partial charge in [-0.15, -0.1) is 0 Å². The van der Waals surface area contributed by atoms with E-state index < -0.39 is 22.1 Å². The van der Waals surface area contributed by atoms with Crippen LogP contribution in [0.1, 0.15) is 26.2 Å². The van der Waals surface area contributed by atoms with Gasteiger partial charge in [-0.2, -0.15) is 24.5 Å². The molecule has 0 aliphatic carbocycles. The summed E-state index contributed by atoms with van der Waals surface area (Å²) in [6.45, 7) is 2.90. The Hall–Kier alpha value is -0.310. The van der Waals surface area contributed by atoms with Gasteiger partial charge in [-0.25, -0.2) is 4.72 Å². The number of carboxylic acids is 1. The van der Waals surface area contributed by atoms with Crippen molar-refractivity contribution in [1.29, 1.82) is 0 Å². The maximum atomic E-state index is 12.0. The number of thioether (sulfide) groups is 1. The van der Waals surface area contributed by atoms with Gasteiger partial charge in [-0.05, 0) is 25.5 Å². The van der Waals surface area contributed by atoms with Gasteiger partial charge in [0.15, 0.2) is 0 Å². The van der Waals surface area contributed by atoms with E-state index in [0.29, 0.717) is 31.2 Å². The Morgan fingerprint density at radius 2 is 2.26 bits per heavy atom. The number of carboxylic acid groups (broad SMARTS) is 1. The molecule has 19 heavy (non-hydrogen) atoms. The first-order valence-electron chi connectivity index (χ1n) is 6.37. The quantitative estimate of drug-likeness (QED) is 0.725. The van der Waals surface area contributed by atoms with Gasteiger partial charge in [0.2, 0.25) is 0 Å². The zero-order chi connectivity index (χ0) is 14.5. The van der Waals surface area contributed by atoms with Crippen molar-refractivity contribution in [2.45, 2.75) is 31.4 Å². The summed E-state index contributed by atoms with van der Waals surface area (Å²) in [5.74, 6) is -1.51. The fraction of sp³-hybridized carbons (Fsp3) is 0.909. The Bertz CT molecular complexity index is 399. The third-order valence-corrected chi connectivity index (χ3v) is 5.93. The molecule has 2 atom stereocenters. The monoisotopic (exact) mass is 310 g/mol. The lowest BCUT2D eigenvalue weighted by molar-refractivity contribution is -0.142. The molecule has 0 saturated carbocycles. The summed E-state index contributed by atoms with van der Waals surface area (Å²) in [5, 5.41) is 9.36. The van der Waals surface area contributed by atoms with Crippen molar-refractivity contribution in [3.63, 3.8) is 0 Å². The number of piperidine rings is 1. The molecule has 2 unspecified atom stereocenters. The number of aliphatic carboxylic acids is 1. The highest BCUT2D eigenvalue weighted by molar-refractivity contribution is 7.99. The van der Waals surface area contributed by atoms with E-state index in [9.17, 15) is 13.2 Å². The number of nitrogens with one attached hydrogen (secondary N) is 1. The van der Waals surface area contributed by atoms with Gasteiger partial charge >= 0.3 is 5.97 Å². The van der Waals surface area contributed by atoms with Gasteiger partial charge in [0.25, 0.3) is 10.2 Å². The zero-order valence-electron chi connectivity index (χ0n) is 11.3. The molecule has 8 heteroatoms. The summed E-state index contributed by atoms with van der Waals surface area (Å²) in [6.07, 6.45) is 3.89. The molecule has 1 aliphatic heterocycles. The Kier molecular flexibility index (Phi) is 6.58. The molecule has 0 spiro atoms. The fourth-order valence-electron chi connectivity index (χ4n) is 1.96. The average molecular weight is 310 g/mol. The molecule has 0 amide bonds. The van der Waals surface area contributed by atoms with Gasteiger partial charge in [-0.1, -0.05) is 6.92 Å². The van der Waals surface area contributed by atoms with Crippen molar-refractivity contribution in [2.75, 3.05) is 25.9 Å². The second kappa shape index (κ2) is 7.47. The van der Waals surface area contributed by atoms with E-state index in [1.165, 1.54) is 4.31 Å². The summed E-state index contributed by atoms with van der Waals surface area (Å²) in [4.78, 5) is 10.9. The minimum absolute atomic E-state index is 0.0722. The molecular weight excluding hydrogens is 288 g/mol. The predicted molar refractivity (Wildman–Crippen MR) is 76.4 cm³/mol. The van der Waals surface area contributed by atoms with E-state index in [0.717, 1.165) is 6.42 Å². The van der Waals surface area contributed by atoms with Crippen LogP contribution in [0.25, 0.3) is 0 Å². The van der Waals surface area contributed by atoms with Crippen LogP contribution in [-0.2, 0) is 15.0 Å². The lowest BCUT2D eigenvalue weighted by Gasteiger charge is -2.29. The molecule has 112 valence electrons. The molecular formula is C11H22N2O4S2. The van der Waals surface area contributed by atoms with E-state index in [1.54, 1.807) is 11.8 Å². The molecule has 0 aromatic rings.